The van der Waals surface area contributed by atoms with Crippen LogP contribution >= 0.6 is 0 Å². The highest BCUT2D eigenvalue weighted by Gasteiger charge is 2.53. The second-order valence-corrected chi connectivity index (χ2v) is 5.16. The molecular weight excluding hydrogens is 268 g/mol. The fourth-order valence-electron chi connectivity index (χ4n) is 2.17. The first kappa shape index (κ1) is 17.8. The molecule has 1 fully saturated rings. The van der Waals surface area contributed by atoms with Crippen LogP contribution in [-0.2, 0) is 9.47 Å². The van der Waals surface area contributed by atoms with Crippen LogP contribution in [0.15, 0.2) is 0 Å². The monoisotopic (exact) mass is 294 g/mol. The van der Waals surface area contributed by atoms with Gasteiger partial charge in [-0.2, -0.15) is 0 Å². The summed E-state index contributed by atoms with van der Waals surface area (Å²) in [6.45, 7) is 1.65. The van der Waals surface area contributed by atoms with E-state index in [2.05, 4.69) is 6.92 Å². The van der Waals surface area contributed by atoms with Crippen LogP contribution in [0.2, 0.25) is 0 Å². The molecule has 1 heterocycles. The van der Waals surface area contributed by atoms with Gasteiger partial charge in [0, 0.05) is 0 Å². The zero-order valence-corrected chi connectivity index (χ0v) is 11.8. The van der Waals surface area contributed by atoms with Crippen molar-refractivity contribution < 1.29 is 35.0 Å². The Morgan fingerprint density at radius 1 is 1.05 bits per heavy atom. The lowest BCUT2D eigenvalue weighted by Gasteiger charge is -2.44. The quantitative estimate of drug-likeness (QED) is 0.290. The molecule has 7 heteroatoms. The van der Waals surface area contributed by atoms with Crippen LogP contribution in [0.4, 0.5) is 0 Å². The van der Waals surface area contributed by atoms with Crippen molar-refractivity contribution in [2.75, 3.05) is 13.2 Å². The summed E-state index contributed by atoms with van der Waals surface area (Å²) in [5.74, 6) is -2.41. The second-order valence-electron chi connectivity index (χ2n) is 5.16. The Morgan fingerprint density at radius 3 is 2.30 bits per heavy atom. The van der Waals surface area contributed by atoms with Crippen molar-refractivity contribution >= 4 is 0 Å². The van der Waals surface area contributed by atoms with Crippen LogP contribution in [-0.4, -0.2) is 69.1 Å². The molecule has 0 aromatic carbocycles. The molecule has 0 aromatic rings. The lowest BCUT2D eigenvalue weighted by atomic mass is 9.98. The minimum absolute atomic E-state index is 0.151. The molecular formula is C13H26O7. The predicted octanol–water partition coefficient (Wildman–Crippen LogP) is -0.907. The minimum atomic E-state index is -2.41. The zero-order valence-electron chi connectivity index (χ0n) is 11.8. The molecule has 5 N–H and O–H groups in total. The summed E-state index contributed by atoms with van der Waals surface area (Å²) in [4.78, 5) is 0. The average Bonchev–Trinajstić information content (AvgIpc) is 2.45. The van der Waals surface area contributed by atoms with E-state index >= 15 is 0 Å². The minimum Gasteiger partial charge on any atom is -0.394 e. The average molecular weight is 294 g/mol. The highest BCUT2D eigenvalue weighted by molar-refractivity contribution is 4.92. The van der Waals surface area contributed by atoms with Crippen molar-refractivity contribution in [2.45, 2.75) is 69.4 Å². The first-order chi connectivity index (χ1) is 9.46. The summed E-state index contributed by atoms with van der Waals surface area (Å²) in [5, 5.41) is 48.0. The van der Waals surface area contributed by atoms with Crippen molar-refractivity contribution in [1.82, 2.24) is 0 Å². The molecule has 0 aliphatic carbocycles. The number of hydrogen-bond donors (Lipinski definition) is 5. The number of aliphatic hydroxyl groups is 5. The molecule has 5 atom stereocenters. The Balaban J connectivity index is 2.44. The van der Waals surface area contributed by atoms with Gasteiger partial charge in [0.1, 0.15) is 18.3 Å². The first-order valence-corrected chi connectivity index (χ1v) is 7.15. The van der Waals surface area contributed by atoms with Gasteiger partial charge >= 0.3 is 5.97 Å². The van der Waals surface area contributed by atoms with E-state index in [1.165, 1.54) is 0 Å². The molecule has 0 saturated carbocycles. The van der Waals surface area contributed by atoms with Gasteiger partial charge in [0.25, 0.3) is 0 Å². The SMILES string of the molecule is CCCCCCCOC1(O)O[C@H](CO)[C@@H](O)[C@H](O)[C@H]1O. The summed E-state index contributed by atoms with van der Waals surface area (Å²) in [5.41, 5.74) is 0. The molecule has 0 aromatic heterocycles. The van der Waals surface area contributed by atoms with E-state index in [0.717, 1.165) is 25.7 Å². The number of unbranched alkanes of at least 4 members (excludes halogenated alkanes) is 4. The third kappa shape index (κ3) is 4.36. The standard InChI is InChI=1S/C13H26O7/c1-2-3-4-5-6-7-19-13(18)12(17)11(16)10(15)9(8-14)20-13/h9-12,14-18H,2-8H2,1H3/t9-,10-,11+,12-,13?/m1/s1. The van der Waals surface area contributed by atoms with Crippen LogP contribution in [0.3, 0.4) is 0 Å². The third-order valence-corrected chi connectivity index (χ3v) is 3.49. The van der Waals surface area contributed by atoms with E-state index in [4.69, 9.17) is 14.6 Å². The molecule has 7 nitrogen and oxygen atoms in total. The molecule has 0 bridgehead atoms. The number of rotatable bonds is 8. The van der Waals surface area contributed by atoms with E-state index in [0.29, 0.717) is 6.42 Å². The summed E-state index contributed by atoms with van der Waals surface area (Å²) < 4.78 is 10.1. The Morgan fingerprint density at radius 2 is 1.70 bits per heavy atom. The van der Waals surface area contributed by atoms with Gasteiger partial charge in [-0.15, -0.1) is 0 Å². The summed E-state index contributed by atoms with van der Waals surface area (Å²) >= 11 is 0. The predicted molar refractivity (Wildman–Crippen MR) is 69.6 cm³/mol. The number of aliphatic hydroxyl groups excluding tert-OH is 4. The zero-order chi connectivity index (χ0) is 15.2. The van der Waals surface area contributed by atoms with Crippen molar-refractivity contribution in [1.29, 1.82) is 0 Å². The lowest BCUT2D eigenvalue weighted by molar-refractivity contribution is -0.448. The van der Waals surface area contributed by atoms with Crippen LogP contribution in [0, 0.1) is 0 Å². The molecule has 0 amide bonds. The summed E-state index contributed by atoms with van der Waals surface area (Å²) in [7, 11) is 0. The molecule has 0 spiro atoms. The number of hydrogen-bond acceptors (Lipinski definition) is 7. The van der Waals surface area contributed by atoms with E-state index in [1.54, 1.807) is 0 Å². The lowest BCUT2D eigenvalue weighted by Crippen LogP contribution is -2.66. The van der Waals surface area contributed by atoms with Crippen molar-refractivity contribution in [3.8, 4) is 0 Å². The van der Waals surface area contributed by atoms with Crippen LogP contribution in [0.5, 0.6) is 0 Å². The highest BCUT2D eigenvalue weighted by Crippen LogP contribution is 2.29. The Hall–Kier alpha value is -0.280. The van der Waals surface area contributed by atoms with Gasteiger partial charge in [-0.3, -0.25) is 0 Å². The highest BCUT2D eigenvalue weighted by atomic mass is 16.8. The van der Waals surface area contributed by atoms with Crippen LogP contribution in [0.25, 0.3) is 0 Å². The van der Waals surface area contributed by atoms with Crippen LogP contribution in [0.1, 0.15) is 39.0 Å². The van der Waals surface area contributed by atoms with Crippen molar-refractivity contribution in [2.24, 2.45) is 0 Å². The Kier molecular flexibility index (Phi) is 7.32. The fraction of sp³-hybridized carbons (Fsp3) is 1.00. The normalized spacial score (nSPS) is 38.1. The molecule has 1 unspecified atom stereocenters. The van der Waals surface area contributed by atoms with Gasteiger partial charge in [-0.1, -0.05) is 32.6 Å². The van der Waals surface area contributed by atoms with Gasteiger partial charge < -0.3 is 35.0 Å². The molecule has 1 aliphatic heterocycles. The third-order valence-electron chi connectivity index (χ3n) is 3.49. The maximum absolute atomic E-state index is 10.1. The largest absolute Gasteiger partial charge is 0.394 e. The molecule has 1 saturated heterocycles. The molecule has 1 rings (SSSR count). The number of ether oxygens (including phenoxy) is 2. The topological polar surface area (TPSA) is 120 Å². The van der Waals surface area contributed by atoms with E-state index in [9.17, 15) is 20.4 Å². The van der Waals surface area contributed by atoms with E-state index < -0.39 is 37.0 Å². The summed E-state index contributed by atoms with van der Waals surface area (Å²) in [6.07, 6.45) is -1.23. The van der Waals surface area contributed by atoms with Gasteiger partial charge in [0.15, 0.2) is 6.10 Å². The van der Waals surface area contributed by atoms with Crippen molar-refractivity contribution in [3.05, 3.63) is 0 Å². The fourth-order valence-corrected chi connectivity index (χ4v) is 2.17. The summed E-state index contributed by atoms with van der Waals surface area (Å²) in [6, 6.07) is 0. The van der Waals surface area contributed by atoms with Gasteiger partial charge in [-0.05, 0) is 6.42 Å². The Bertz CT molecular complexity index is 273. The van der Waals surface area contributed by atoms with Gasteiger partial charge in [0.05, 0.1) is 13.2 Å². The maximum Gasteiger partial charge on any atom is 0.311 e. The molecule has 20 heavy (non-hydrogen) atoms. The van der Waals surface area contributed by atoms with E-state index in [1.807, 2.05) is 0 Å². The smallest absolute Gasteiger partial charge is 0.311 e. The van der Waals surface area contributed by atoms with Crippen molar-refractivity contribution in [3.63, 3.8) is 0 Å². The molecule has 0 radical (unpaired) electrons. The molecule has 1 aliphatic rings. The van der Waals surface area contributed by atoms with Crippen LogP contribution < -0.4 is 0 Å². The van der Waals surface area contributed by atoms with E-state index in [-0.39, 0.29) is 6.61 Å². The van der Waals surface area contributed by atoms with Gasteiger partial charge in [-0.25, -0.2) is 0 Å². The van der Waals surface area contributed by atoms with Gasteiger partial charge in [0.2, 0.25) is 0 Å². The Labute approximate surface area is 118 Å². The maximum atomic E-state index is 10.1. The first-order valence-electron chi connectivity index (χ1n) is 7.15. The molecule has 120 valence electrons. The second kappa shape index (κ2) is 8.23.